The smallest absolute Gasteiger partial charge is 0.426 e. The highest BCUT2D eigenvalue weighted by Gasteiger charge is 2.61. The van der Waals surface area contributed by atoms with Crippen molar-refractivity contribution >= 4 is 17.9 Å². The topological polar surface area (TPSA) is 135 Å². The molecule has 2 atom stereocenters. The van der Waals surface area contributed by atoms with E-state index in [4.69, 9.17) is 28.1 Å². The summed E-state index contributed by atoms with van der Waals surface area (Å²) in [6.07, 6.45) is -15.4. The van der Waals surface area contributed by atoms with Gasteiger partial charge in [-0.15, -0.1) is 10.2 Å². The number of hydrogen-bond acceptors (Lipinski definition) is 11. The van der Waals surface area contributed by atoms with E-state index in [0.717, 1.165) is 0 Å². The predicted molar refractivity (Wildman–Crippen MR) is 167 cm³/mol. The Hall–Kier alpha value is -4.45. The number of aromatic nitrogens is 3. The summed E-state index contributed by atoms with van der Waals surface area (Å²) in [6, 6.07) is 8.26. The zero-order valence-electron chi connectivity index (χ0n) is 28.9. The van der Waals surface area contributed by atoms with Crippen molar-refractivity contribution in [1.29, 1.82) is 0 Å². The third-order valence-corrected chi connectivity index (χ3v) is 7.00. The van der Waals surface area contributed by atoms with Crippen molar-refractivity contribution in [1.82, 2.24) is 15.2 Å². The Kier molecular flexibility index (Phi) is 11.3. The molecule has 0 spiro atoms. The minimum absolute atomic E-state index is 0.0692. The predicted octanol–water partition coefficient (Wildman–Crippen LogP) is 8.38. The number of fused-ring (bicyclic) bond motifs is 5. The maximum atomic E-state index is 15.1. The molecule has 3 aromatic rings. The Balaban J connectivity index is 2.03. The van der Waals surface area contributed by atoms with E-state index in [9.17, 15) is 22.8 Å². The van der Waals surface area contributed by atoms with Crippen LogP contribution in [0.1, 0.15) is 78.3 Å². The van der Waals surface area contributed by atoms with Crippen LogP contribution in [0.2, 0.25) is 0 Å². The Morgan fingerprint density at radius 1 is 0.922 bits per heavy atom. The highest BCUT2D eigenvalue weighted by atomic mass is 19.4. The lowest BCUT2D eigenvalue weighted by molar-refractivity contribution is -0.302. The number of rotatable bonds is 4. The van der Waals surface area contributed by atoms with Crippen molar-refractivity contribution in [3.05, 3.63) is 53.4 Å². The lowest BCUT2D eigenvalue weighted by Crippen LogP contribution is -2.46. The minimum Gasteiger partial charge on any atom is -0.474 e. The molecule has 4 bridgehead atoms. The van der Waals surface area contributed by atoms with E-state index in [1.54, 1.807) is 18.2 Å². The van der Waals surface area contributed by atoms with Gasteiger partial charge in [-0.25, -0.2) is 14.6 Å². The first-order valence-corrected chi connectivity index (χ1v) is 15.7. The van der Waals surface area contributed by atoms with E-state index in [0.29, 0.717) is 11.6 Å². The summed E-state index contributed by atoms with van der Waals surface area (Å²) in [6.45, 7) is 8.65. The number of pyridine rings is 1. The number of carbonyl (C=O) groups is 2. The fraction of sp³-hybridized carbons (Fsp3) is 0.545. The average Bonchev–Trinajstić information content (AvgIpc) is 3.46. The van der Waals surface area contributed by atoms with Gasteiger partial charge in [0.15, 0.2) is 5.69 Å². The second-order valence-corrected chi connectivity index (χ2v) is 13.6. The highest BCUT2D eigenvalue weighted by molar-refractivity contribution is 6.11. The summed E-state index contributed by atoms with van der Waals surface area (Å²) in [5.41, 5.74) is -8.82. The fourth-order valence-electron chi connectivity index (χ4n) is 4.66. The molecule has 0 fully saturated rings. The fourth-order valence-corrected chi connectivity index (χ4v) is 4.66. The Morgan fingerprint density at radius 3 is 2.08 bits per heavy atom. The monoisotopic (exact) mass is 732 g/mol. The van der Waals surface area contributed by atoms with Gasteiger partial charge in [-0.05, 0) is 60.1 Å². The Morgan fingerprint density at radius 2 is 1.53 bits per heavy atom. The van der Waals surface area contributed by atoms with Crippen LogP contribution in [-0.2, 0) is 37.3 Å². The van der Waals surface area contributed by atoms with Gasteiger partial charge < -0.3 is 28.1 Å². The van der Waals surface area contributed by atoms with Crippen LogP contribution >= 0.6 is 0 Å². The van der Waals surface area contributed by atoms with Gasteiger partial charge in [0.05, 0.1) is 31.6 Å². The molecule has 1 aromatic carbocycles. The van der Waals surface area contributed by atoms with Crippen LogP contribution in [0.4, 0.5) is 41.6 Å². The molecule has 0 saturated carbocycles. The number of benzene rings is 1. The van der Waals surface area contributed by atoms with Crippen molar-refractivity contribution < 1.29 is 64.0 Å². The molecule has 0 radical (unpaired) electrons. The van der Waals surface area contributed by atoms with E-state index in [2.05, 4.69) is 15.2 Å². The second kappa shape index (κ2) is 14.7. The summed E-state index contributed by atoms with van der Waals surface area (Å²) in [5, 5.41) is 7.32. The molecule has 1 unspecified atom stereocenters. The lowest BCUT2D eigenvalue weighted by atomic mass is 9.98. The number of anilines is 1. The van der Waals surface area contributed by atoms with Gasteiger partial charge in [-0.1, -0.05) is 30.3 Å². The van der Waals surface area contributed by atoms with Crippen LogP contribution in [0.25, 0.3) is 11.6 Å². The first-order chi connectivity index (χ1) is 23.5. The number of ether oxygens (including phenoxy) is 5. The molecule has 12 nitrogen and oxygen atoms in total. The number of alkyl halides is 6. The number of hydrogen-bond donors (Lipinski definition) is 0. The number of nitrogens with zero attached hydrogens (tertiary/aromatic N) is 4. The van der Waals surface area contributed by atoms with Crippen LogP contribution in [0.3, 0.4) is 0 Å². The molecule has 280 valence electrons. The Labute approximate surface area is 289 Å². The average molecular weight is 733 g/mol. The first kappa shape index (κ1) is 39.3. The quantitative estimate of drug-likeness (QED) is 0.239. The zero-order chi connectivity index (χ0) is 38.0. The van der Waals surface area contributed by atoms with Crippen LogP contribution in [-0.4, -0.2) is 64.1 Å². The molecule has 3 heterocycles. The van der Waals surface area contributed by atoms with Crippen molar-refractivity contribution in [2.75, 3.05) is 18.1 Å². The maximum absolute atomic E-state index is 15.1. The van der Waals surface area contributed by atoms with E-state index in [-0.39, 0.29) is 17.9 Å². The van der Waals surface area contributed by atoms with Gasteiger partial charge in [0, 0.05) is 12.8 Å². The van der Waals surface area contributed by atoms with Crippen molar-refractivity contribution in [2.24, 2.45) is 0 Å². The van der Waals surface area contributed by atoms with Gasteiger partial charge >= 0.3 is 24.5 Å². The molecule has 0 aliphatic carbocycles. The number of amides is 2. The summed E-state index contributed by atoms with van der Waals surface area (Å²) in [7, 11) is 0. The van der Waals surface area contributed by atoms with Crippen molar-refractivity contribution in [3.8, 4) is 17.5 Å². The number of imide groups is 1. The van der Waals surface area contributed by atoms with Crippen LogP contribution in [0, 0.1) is 0 Å². The van der Waals surface area contributed by atoms with Gasteiger partial charge in [-0.3, -0.25) is 0 Å². The second-order valence-electron chi connectivity index (χ2n) is 13.6. The van der Waals surface area contributed by atoms with Crippen LogP contribution in [0.5, 0.6) is 5.88 Å². The maximum Gasteiger partial charge on any atom is 0.426 e. The van der Waals surface area contributed by atoms with Crippen LogP contribution < -0.4 is 9.64 Å². The standard InChI is InChI=1S/C33H38F6N4O8/c1-19-13-15-46-16-14-31(33(37,38)39,47-18-20-11-9-8-10-12-20)26-42-41-25(49-26)23-22(17-21(32(34,35)36)24(40-23)48-19)43(27(44)50-29(2,3)4)28(45)51-30(5,6)7/h8-12,17,19H,13-16,18H2,1-7H3/t19-,31?/m1/s1. The van der Waals surface area contributed by atoms with Gasteiger partial charge in [0.1, 0.15) is 16.8 Å². The molecule has 18 heteroatoms. The molecular formula is C33H38F6N4O8. The third kappa shape index (κ3) is 9.66. The lowest BCUT2D eigenvalue weighted by Gasteiger charge is -2.32. The normalized spacial score (nSPS) is 19.0. The van der Waals surface area contributed by atoms with Gasteiger partial charge in [0.2, 0.25) is 11.5 Å². The summed E-state index contributed by atoms with van der Waals surface area (Å²) >= 11 is 0. The number of halogens is 6. The van der Waals surface area contributed by atoms with E-state index in [1.165, 1.54) is 60.6 Å². The molecule has 1 aliphatic heterocycles. The molecule has 0 N–H and O–H groups in total. The summed E-state index contributed by atoms with van der Waals surface area (Å²) in [5.74, 6) is -3.12. The SMILES string of the molecule is C[C@@H]1CCOCCC(OCc2ccccc2)(C(F)(F)F)c2nnc(o2)-c2nc(c(C(F)(F)F)cc2N(C(=O)OC(C)(C)C)C(=O)OC(C)(C)C)O1. The van der Waals surface area contributed by atoms with Crippen LogP contribution in [0.15, 0.2) is 40.8 Å². The molecule has 1 aliphatic rings. The summed E-state index contributed by atoms with van der Waals surface area (Å²) < 4.78 is 122. The van der Waals surface area contributed by atoms with Crippen molar-refractivity contribution in [3.63, 3.8) is 0 Å². The van der Waals surface area contributed by atoms with Crippen molar-refractivity contribution in [2.45, 2.75) is 103 Å². The molecule has 0 saturated heterocycles. The van der Waals surface area contributed by atoms with Gasteiger partial charge in [0.25, 0.3) is 11.8 Å². The van der Waals surface area contributed by atoms with Gasteiger partial charge in [-0.2, -0.15) is 31.2 Å². The molecule has 51 heavy (non-hydrogen) atoms. The number of carbonyl (C=O) groups excluding carboxylic acids is 2. The molecule has 2 aromatic heterocycles. The third-order valence-electron chi connectivity index (χ3n) is 7.00. The van der Waals surface area contributed by atoms with E-state index >= 15 is 13.2 Å². The van der Waals surface area contributed by atoms with E-state index < -0.39 is 102 Å². The largest absolute Gasteiger partial charge is 0.474 e. The van der Waals surface area contributed by atoms with E-state index in [1.807, 2.05) is 0 Å². The first-order valence-electron chi connectivity index (χ1n) is 15.7. The molecule has 2 amide bonds. The zero-order valence-corrected chi connectivity index (χ0v) is 28.9. The molecule has 4 rings (SSSR count). The highest BCUT2D eigenvalue weighted by Crippen LogP contribution is 2.47. The minimum atomic E-state index is -5.21. The Bertz CT molecular complexity index is 1660. The molecular weight excluding hydrogens is 694 g/mol. The summed E-state index contributed by atoms with van der Waals surface area (Å²) in [4.78, 5) is 31.2.